The minimum atomic E-state index is -0.0160. The summed E-state index contributed by atoms with van der Waals surface area (Å²) in [5.41, 5.74) is 12.4. The number of para-hydroxylation sites is 1. The molecule has 194 valence electrons. The fraction of sp³-hybridized carbons (Fsp3) is 0.0769. The normalized spacial score (nSPS) is 18.1. The van der Waals surface area contributed by atoms with Crippen LogP contribution in [0.5, 0.6) is 5.75 Å². The first-order chi connectivity index (χ1) is 20.3. The maximum Gasteiger partial charge on any atom is 0.132 e. The van der Waals surface area contributed by atoms with E-state index in [0.29, 0.717) is 0 Å². The molecule has 2 unspecified atom stereocenters. The van der Waals surface area contributed by atoms with E-state index in [4.69, 9.17) is 4.74 Å². The number of hydrogen-bond donors (Lipinski definition) is 0. The summed E-state index contributed by atoms with van der Waals surface area (Å²) in [4.78, 5) is 0. The van der Waals surface area contributed by atoms with Gasteiger partial charge >= 0.3 is 0 Å². The molecular formula is C39H27NO. The van der Waals surface area contributed by atoms with Crippen LogP contribution in [-0.4, -0.2) is 10.7 Å². The Morgan fingerprint density at radius 3 is 2.51 bits per heavy atom. The zero-order valence-corrected chi connectivity index (χ0v) is 22.8. The summed E-state index contributed by atoms with van der Waals surface area (Å²) in [5, 5.41) is 5.28. The van der Waals surface area contributed by atoms with Crippen molar-refractivity contribution in [3.63, 3.8) is 0 Å². The van der Waals surface area contributed by atoms with Gasteiger partial charge < -0.3 is 9.30 Å². The molecule has 9 rings (SSSR count). The summed E-state index contributed by atoms with van der Waals surface area (Å²) in [7, 11) is 0. The molecule has 0 saturated carbocycles. The Morgan fingerprint density at radius 2 is 1.66 bits per heavy atom. The van der Waals surface area contributed by atoms with Crippen molar-refractivity contribution in [2.45, 2.75) is 18.9 Å². The van der Waals surface area contributed by atoms with Gasteiger partial charge in [0.1, 0.15) is 11.9 Å². The highest BCUT2D eigenvalue weighted by Crippen LogP contribution is 2.53. The van der Waals surface area contributed by atoms with Crippen LogP contribution in [0.3, 0.4) is 0 Å². The Morgan fingerprint density at radius 1 is 0.805 bits per heavy atom. The maximum atomic E-state index is 6.54. The molecule has 5 aromatic carbocycles. The standard InChI is InChI=1S/C39H27NO/c1-3-9-23-16-18-29-32-22-25(17-21-35(32)41-39(29)26(23)4-2)40-33-15-6-5-12-30(33)38-34(40)20-19-28-27-13-7-10-24-11-8-14-31(36(24)27)37(28)38/h3-22,32,35H,2H2,1H3/b9-3-. The van der Waals surface area contributed by atoms with Gasteiger partial charge in [-0.2, -0.15) is 0 Å². The Bertz CT molecular complexity index is 2220. The van der Waals surface area contributed by atoms with E-state index in [1.807, 2.05) is 13.0 Å². The van der Waals surface area contributed by atoms with Crippen LogP contribution in [-0.2, 0) is 0 Å². The fourth-order valence-corrected chi connectivity index (χ4v) is 7.49. The van der Waals surface area contributed by atoms with Crippen LogP contribution in [0.15, 0.2) is 116 Å². The van der Waals surface area contributed by atoms with E-state index in [0.717, 1.165) is 16.9 Å². The highest BCUT2D eigenvalue weighted by molar-refractivity contribution is 6.26. The molecule has 1 aromatic heterocycles. The monoisotopic (exact) mass is 525 g/mol. The maximum absolute atomic E-state index is 6.54. The number of rotatable bonds is 3. The van der Waals surface area contributed by atoms with Gasteiger partial charge in [-0.3, -0.25) is 0 Å². The van der Waals surface area contributed by atoms with Gasteiger partial charge in [-0.1, -0.05) is 97.6 Å². The van der Waals surface area contributed by atoms with Crippen molar-refractivity contribution in [1.82, 2.24) is 4.57 Å². The molecule has 6 aromatic rings. The van der Waals surface area contributed by atoms with Crippen molar-refractivity contribution in [1.29, 1.82) is 0 Å². The molecule has 41 heavy (non-hydrogen) atoms. The van der Waals surface area contributed by atoms with Crippen molar-refractivity contribution < 1.29 is 4.74 Å². The van der Waals surface area contributed by atoms with Crippen molar-refractivity contribution in [3.8, 4) is 28.0 Å². The van der Waals surface area contributed by atoms with Crippen molar-refractivity contribution in [2.75, 3.05) is 0 Å². The molecule has 0 fully saturated rings. The molecule has 0 N–H and O–H groups in total. The number of ether oxygens (including phenoxy) is 1. The van der Waals surface area contributed by atoms with Gasteiger partial charge in [0, 0.05) is 39.1 Å². The molecule has 0 bridgehead atoms. The second-order valence-corrected chi connectivity index (χ2v) is 11.2. The van der Waals surface area contributed by atoms with E-state index in [1.165, 1.54) is 66.1 Å². The molecule has 1 aliphatic heterocycles. The van der Waals surface area contributed by atoms with E-state index in [-0.39, 0.29) is 12.0 Å². The highest BCUT2D eigenvalue weighted by Gasteiger charge is 2.36. The van der Waals surface area contributed by atoms with Crippen molar-refractivity contribution in [2.24, 2.45) is 0 Å². The van der Waals surface area contributed by atoms with Gasteiger partial charge in [-0.05, 0) is 70.3 Å². The first-order valence-corrected chi connectivity index (χ1v) is 14.3. The molecule has 0 radical (unpaired) electrons. The molecule has 2 nitrogen and oxygen atoms in total. The molecule has 0 saturated heterocycles. The van der Waals surface area contributed by atoms with Gasteiger partial charge in [0.2, 0.25) is 0 Å². The summed E-state index contributed by atoms with van der Waals surface area (Å²) >= 11 is 0. The molecular weight excluding hydrogens is 498 g/mol. The van der Waals surface area contributed by atoms with Gasteiger partial charge in [0.15, 0.2) is 0 Å². The molecule has 2 aliphatic carbocycles. The average Bonchev–Trinajstić information content (AvgIpc) is 3.66. The summed E-state index contributed by atoms with van der Waals surface area (Å²) in [5.74, 6) is 1.10. The SMILES string of the molecule is C=Cc1c(/C=C\C)ccc2c1OC1C=CC(n3c4ccccc4c4c5c(ccc43)-c3cccc4cccc-5c34)=CC21. The summed E-state index contributed by atoms with van der Waals surface area (Å²) in [6.07, 6.45) is 13.0. The number of benzene rings is 5. The fourth-order valence-electron chi connectivity index (χ4n) is 7.49. The lowest BCUT2D eigenvalue weighted by atomic mass is 9.89. The number of nitrogens with zero attached hydrogens (tertiary/aromatic N) is 1. The number of hydrogen-bond acceptors (Lipinski definition) is 1. The predicted octanol–water partition coefficient (Wildman–Crippen LogP) is 10.2. The Balaban J connectivity index is 1.29. The Kier molecular flexibility index (Phi) is 4.55. The second kappa shape index (κ2) is 8.22. The van der Waals surface area contributed by atoms with Gasteiger partial charge in [-0.25, -0.2) is 0 Å². The quantitative estimate of drug-likeness (QED) is 0.224. The third-order valence-corrected chi connectivity index (χ3v) is 9.15. The van der Waals surface area contributed by atoms with Crippen LogP contribution in [0.1, 0.15) is 29.5 Å². The lowest BCUT2D eigenvalue weighted by Crippen LogP contribution is -2.18. The van der Waals surface area contributed by atoms with Gasteiger partial charge in [0.25, 0.3) is 0 Å². The second-order valence-electron chi connectivity index (χ2n) is 11.2. The molecule has 0 amide bonds. The first-order valence-electron chi connectivity index (χ1n) is 14.3. The largest absolute Gasteiger partial charge is 0.484 e. The van der Waals surface area contributed by atoms with Crippen molar-refractivity contribution >= 4 is 50.4 Å². The Hall–Kier alpha value is -5.08. The average molecular weight is 526 g/mol. The molecule has 0 spiro atoms. The van der Waals surface area contributed by atoms with Gasteiger partial charge in [-0.15, -0.1) is 0 Å². The smallest absolute Gasteiger partial charge is 0.132 e. The van der Waals surface area contributed by atoms with E-state index < -0.39 is 0 Å². The number of allylic oxidation sites excluding steroid dienone is 3. The van der Waals surface area contributed by atoms with Crippen LogP contribution >= 0.6 is 0 Å². The van der Waals surface area contributed by atoms with Crippen LogP contribution in [0.2, 0.25) is 0 Å². The van der Waals surface area contributed by atoms with Crippen LogP contribution in [0.25, 0.3) is 72.7 Å². The zero-order valence-electron chi connectivity index (χ0n) is 22.8. The minimum absolute atomic E-state index is 0.0160. The number of fused-ring (bicyclic) bond motifs is 10. The van der Waals surface area contributed by atoms with Crippen molar-refractivity contribution in [3.05, 3.63) is 133 Å². The molecule has 3 aliphatic rings. The molecule has 2 atom stereocenters. The molecule has 2 heterocycles. The zero-order chi connectivity index (χ0) is 27.2. The lowest BCUT2D eigenvalue weighted by molar-refractivity contribution is 0.268. The van der Waals surface area contributed by atoms with E-state index in [9.17, 15) is 0 Å². The van der Waals surface area contributed by atoms with E-state index >= 15 is 0 Å². The summed E-state index contributed by atoms with van der Waals surface area (Å²) < 4.78 is 8.99. The van der Waals surface area contributed by atoms with Crippen LogP contribution < -0.4 is 4.74 Å². The summed E-state index contributed by atoms with van der Waals surface area (Å²) in [6.45, 7) is 6.14. The van der Waals surface area contributed by atoms with E-state index in [2.05, 4.69) is 126 Å². The third kappa shape index (κ3) is 2.92. The third-order valence-electron chi connectivity index (χ3n) is 9.15. The molecule has 2 heteroatoms. The summed E-state index contributed by atoms with van der Waals surface area (Å²) in [6, 6.07) is 31.3. The first kappa shape index (κ1) is 22.7. The minimum Gasteiger partial charge on any atom is -0.484 e. The highest BCUT2D eigenvalue weighted by atomic mass is 16.5. The van der Waals surface area contributed by atoms with E-state index in [1.54, 1.807) is 0 Å². The predicted molar refractivity (Wildman–Crippen MR) is 173 cm³/mol. The number of aromatic nitrogens is 1. The van der Waals surface area contributed by atoms with Crippen LogP contribution in [0.4, 0.5) is 0 Å². The topological polar surface area (TPSA) is 14.2 Å². The van der Waals surface area contributed by atoms with Crippen LogP contribution in [0, 0.1) is 0 Å². The van der Waals surface area contributed by atoms with Gasteiger partial charge in [0.05, 0.1) is 11.0 Å². The Labute approximate surface area is 238 Å². The lowest BCUT2D eigenvalue weighted by Gasteiger charge is -2.20.